The lowest BCUT2D eigenvalue weighted by molar-refractivity contribution is -0.121. The van der Waals surface area contributed by atoms with Crippen LogP contribution in [0.25, 0.3) is 0 Å². The van der Waals surface area contributed by atoms with Crippen molar-refractivity contribution in [3.05, 3.63) is 29.3 Å². The van der Waals surface area contributed by atoms with Crippen LogP contribution in [0.4, 0.5) is 10.5 Å². The van der Waals surface area contributed by atoms with Gasteiger partial charge in [0.1, 0.15) is 0 Å². The summed E-state index contributed by atoms with van der Waals surface area (Å²) in [5.74, 6) is 0.360. The summed E-state index contributed by atoms with van der Waals surface area (Å²) in [6.45, 7) is 3.84. The first kappa shape index (κ1) is 16.6. The van der Waals surface area contributed by atoms with E-state index in [4.69, 9.17) is 11.6 Å². The van der Waals surface area contributed by atoms with Gasteiger partial charge in [0, 0.05) is 26.1 Å². The van der Waals surface area contributed by atoms with Crippen molar-refractivity contribution < 1.29 is 9.59 Å². The number of likely N-dealkylation sites (tertiary alicyclic amines) is 1. The number of nitrogens with zero attached hydrogens (tertiary/aromatic N) is 1. The molecule has 0 spiro atoms. The fourth-order valence-electron chi connectivity index (χ4n) is 2.56. The molecule has 1 fully saturated rings. The molecule has 2 N–H and O–H groups in total. The summed E-state index contributed by atoms with van der Waals surface area (Å²) >= 11 is 6.06. The average molecular weight is 324 g/mol. The first-order valence-electron chi connectivity index (χ1n) is 7.67. The predicted octanol–water partition coefficient (Wildman–Crippen LogP) is 3.11. The number of carbonyl (C=O) groups is 2. The molecule has 0 radical (unpaired) electrons. The van der Waals surface area contributed by atoms with Gasteiger partial charge in [0.15, 0.2) is 0 Å². The van der Waals surface area contributed by atoms with E-state index in [1.165, 1.54) is 0 Å². The van der Waals surface area contributed by atoms with Crippen LogP contribution in [0.1, 0.15) is 26.2 Å². The largest absolute Gasteiger partial charge is 0.356 e. The monoisotopic (exact) mass is 323 g/mol. The Morgan fingerprint density at radius 1 is 1.36 bits per heavy atom. The Balaban J connectivity index is 1.87. The van der Waals surface area contributed by atoms with Crippen molar-refractivity contribution in [2.45, 2.75) is 26.2 Å². The van der Waals surface area contributed by atoms with Crippen molar-refractivity contribution in [3.8, 4) is 0 Å². The van der Waals surface area contributed by atoms with Crippen LogP contribution in [-0.4, -0.2) is 36.5 Å². The molecule has 22 heavy (non-hydrogen) atoms. The second-order valence-corrected chi connectivity index (χ2v) is 5.93. The van der Waals surface area contributed by atoms with Crippen molar-refractivity contribution >= 4 is 29.2 Å². The van der Waals surface area contributed by atoms with Gasteiger partial charge in [-0.15, -0.1) is 0 Å². The van der Waals surface area contributed by atoms with Gasteiger partial charge < -0.3 is 15.5 Å². The first-order valence-corrected chi connectivity index (χ1v) is 8.05. The fraction of sp³-hybridized carbons (Fsp3) is 0.500. The Labute approximate surface area is 136 Å². The van der Waals surface area contributed by atoms with E-state index in [9.17, 15) is 9.59 Å². The Hall–Kier alpha value is -1.75. The molecule has 1 unspecified atom stereocenters. The molecule has 6 heteroatoms. The van der Waals surface area contributed by atoms with Gasteiger partial charge >= 0.3 is 6.03 Å². The number of hydrogen-bond acceptors (Lipinski definition) is 2. The average Bonchev–Trinajstić information content (AvgIpc) is 2.55. The second-order valence-electron chi connectivity index (χ2n) is 5.52. The SMILES string of the molecule is CCC(=O)NCC1CCCN(C(=O)Nc2ccccc2Cl)C1. The van der Waals surface area contributed by atoms with Gasteiger partial charge in [-0.25, -0.2) is 4.79 Å². The van der Waals surface area contributed by atoms with Crippen LogP contribution in [0.5, 0.6) is 0 Å². The molecule has 0 saturated carbocycles. The van der Waals surface area contributed by atoms with Crippen LogP contribution in [0.2, 0.25) is 5.02 Å². The summed E-state index contributed by atoms with van der Waals surface area (Å²) in [5.41, 5.74) is 0.621. The maximum atomic E-state index is 12.3. The van der Waals surface area contributed by atoms with Gasteiger partial charge in [0.25, 0.3) is 0 Å². The minimum absolute atomic E-state index is 0.0534. The number of nitrogens with one attached hydrogen (secondary N) is 2. The number of halogens is 1. The molecule has 120 valence electrons. The van der Waals surface area contributed by atoms with Gasteiger partial charge in [-0.1, -0.05) is 30.7 Å². The number of hydrogen-bond donors (Lipinski definition) is 2. The van der Waals surface area contributed by atoms with Crippen LogP contribution >= 0.6 is 11.6 Å². The Bertz CT molecular complexity index is 536. The third-order valence-corrected chi connectivity index (χ3v) is 4.16. The molecule has 1 saturated heterocycles. The first-order chi connectivity index (χ1) is 10.6. The van der Waals surface area contributed by atoms with Crippen molar-refractivity contribution in [2.24, 2.45) is 5.92 Å². The van der Waals surface area contributed by atoms with E-state index in [1.54, 1.807) is 17.0 Å². The maximum Gasteiger partial charge on any atom is 0.321 e. The van der Waals surface area contributed by atoms with Gasteiger partial charge in [0.2, 0.25) is 5.91 Å². The molecule has 1 aromatic rings. The molecular weight excluding hydrogens is 302 g/mol. The van der Waals surface area contributed by atoms with Crippen molar-refractivity contribution in [1.82, 2.24) is 10.2 Å². The summed E-state index contributed by atoms with van der Waals surface area (Å²) in [7, 11) is 0. The van der Waals surface area contributed by atoms with Crippen LogP contribution in [0.15, 0.2) is 24.3 Å². The lowest BCUT2D eigenvalue weighted by Gasteiger charge is -2.33. The molecular formula is C16H22ClN3O2. The highest BCUT2D eigenvalue weighted by Gasteiger charge is 2.24. The van der Waals surface area contributed by atoms with Crippen LogP contribution in [-0.2, 0) is 4.79 Å². The van der Waals surface area contributed by atoms with Crippen molar-refractivity contribution in [3.63, 3.8) is 0 Å². The molecule has 1 atom stereocenters. The number of rotatable bonds is 4. The third-order valence-electron chi connectivity index (χ3n) is 3.83. The molecule has 1 heterocycles. The highest BCUT2D eigenvalue weighted by Crippen LogP contribution is 2.22. The van der Waals surface area contributed by atoms with E-state index in [0.717, 1.165) is 19.4 Å². The second kappa shape index (κ2) is 8.03. The summed E-state index contributed by atoms with van der Waals surface area (Å²) in [5, 5.41) is 6.27. The maximum absolute atomic E-state index is 12.3. The van der Waals surface area contributed by atoms with E-state index in [0.29, 0.717) is 36.1 Å². The van der Waals surface area contributed by atoms with E-state index < -0.39 is 0 Å². The van der Waals surface area contributed by atoms with Crippen LogP contribution in [0.3, 0.4) is 0 Å². The van der Waals surface area contributed by atoms with Crippen LogP contribution < -0.4 is 10.6 Å². The van der Waals surface area contributed by atoms with Gasteiger partial charge in [-0.2, -0.15) is 0 Å². The van der Waals surface area contributed by atoms with Gasteiger partial charge in [-0.3, -0.25) is 4.79 Å². The number of para-hydroxylation sites is 1. The van der Waals surface area contributed by atoms with E-state index in [2.05, 4.69) is 10.6 Å². The molecule has 0 aromatic heterocycles. The zero-order valence-electron chi connectivity index (χ0n) is 12.8. The lowest BCUT2D eigenvalue weighted by atomic mass is 9.98. The number of benzene rings is 1. The number of carbonyl (C=O) groups excluding carboxylic acids is 2. The molecule has 1 aromatic carbocycles. The number of amides is 3. The lowest BCUT2D eigenvalue weighted by Crippen LogP contribution is -2.45. The standard InChI is InChI=1S/C16H22ClN3O2/c1-2-15(21)18-10-12-6-5-9-20(11-12)16(22)19-14-8-4-3-7-13(14)17/h3-4,7-8,12H,2,5-6,9-11H2,1H3,(H,18,21)(H,19,22). The Morgan fingerprint density at radius 2 is 2.14 bits per heavy atom. The molecule has 0 bridgehead atoms. The predicted molar refractivity (Wildman–Crippen MR) is 88.1 cm³/mol. The van der Waals surface area contributed by atoms with E-state index >= 15 is 0 Å². The quantitative estimate of drug-likeness (QED) is 0.894. The summed E-state index contributed by atoms with van der Waals surface area (Å²) in [4.78, 5) is 25.4. The number of piperidine rings is 1. The highest BCUT2D eigenvalue weighted by atomic mass is 35.5. The summed E-state index contributed by atoms with van der Waals surface area (Å²) < 4.78 is 0. The number of urea groups is 1. The minimum atomic E-state index is -0.139. The minimum Gasteiger partial charge on any atom is -0.356 e. The molecule has 0 aliphatic carbocycles. The zero-order valence-corrected chi connectivity index (χ0v) is 13.5. The fourth-order valence-corrected chi connectivity index (χ4v) is 2.74. The highest BCUT2D eigenvalue weighted by molar-refractivity contribution is 6.33. The van der Waals surface area contributed by atoms with Gasteiger partial charge in [-0.05, 0) is 30.9 Å². The van der Waals surface area contributed by atoms with Crippen molar-refractivity contribution in [1.29, 1.82) is 0 Å². The molecule has 2 rings (SSSR count). The number of anilines is 1. The molecule has 1 aliphatic heterocycles. The zero-order chi connectivity index (χ0) is 15.9. The Morgan fingerprint density at radius 3 is 2.86 bits per heavy atom. The summed E-state index contributed by atoms with van der Waals surface area (Å²) in [6, 6.07) is 7.05. The summed E-state index contributed by atoms with van der Waals surface area (Å²) in [6.07, 6.45) is 2.46. The normalized spacial score (nSPS) is 17.9. The smallest absolute Gasteiger partial charge is 0.321 e. The van der Waals surface area contributed by atoms with E-state index in [1.807, 2.05) is 19.1 Å². The van der Waals surface area contributed by atoms with Crippen molar-refractivity contribution in [2.75, 3.05) is 25.0 Å². The third kappa shape index (κ3) is 4.63. The molecule has 1 aliphatic rings. The Kier molecular flexibility index (Phi) is 6.07. The topological polar surface area (TPSA) is 61.4 Å². The van der Waals surface area contributed by atoms with E-state index in [-0.39, 0.29) is 11.9 Å². The molecule has 3 amide bonds. The van der Waals surface area contributed by atoms with Crippen LogP contribution in [0, 0.1) is 5.92 Å². The van der Waals surface area contributed by atoms with Gasteiger partial charge in [0.05, 0.1) is 10.7 Å². The molecule has 5 nitrogen and oxygen atoms in total.